The maximum absolute atomic E-state index is 12.6. The number of carbonyl (C=O) groups is 1. The van der Waals surface area contributed by atoms with Gasteiger partial charge in [0.1, 0.15) is 5.54 Å². The van der Waals surface area contributed by atoms with Crippen LogP contribution < -0.4 is 5.32 Å². The monoisotopic (exact) mass is 372 g/mol. The molecule has 0 radical (unpaired) electrons. The molecule has 2 aromatic rings. The van der Waals surface area contributed by atoms with Gasteiger partial charge in [-0.1, -0.05) is 15.9 Å². The minimum atomic E-state index is -0.719. The van der Waals surface area contributed by atoms with Crippen molar-refractivity contribution in [1.82, 2.24) is 15.1 Å². The normalized spacial score (nSPS) is 16.0. The second-order valence-corrected chi connectivity index (χ2v) is 6.80. The van der Waals surface area contributed by atoms with Gasteiger partial charge in [0.25, 0.3) is 5.91 Å². The molecule has 0 atom stereocenters. The van der Waals surface area contributed by atoms with Crippen LogP contribution in [0.4, 0.5) is 0 Å². The highest BCUT2D eigenvalue weighted by molar-refractivity contribution is 9.10. The largest absolute Gasteiger partial charge is 0.334 e. The van der Waals surface area contributed by atoms with Crippen molar-refractivity contribution >= 4 is 21.8 Å². The fraction of sp³-hybridized carbons (Fsp3) is 0.353. The van der Waals surface area contributed by atoms with Crippen LogP contribution in [0.1, 0.15) is 41.7 Å². The summed E-state index contributed by atoms with van der Waals surface area (Å²) in [6.07, 6.45) is 4.95. The van der Waals surface area contributed by atoms with E-state index in [-0.39, 0.29) is 5.91 Å². The predicted molar refractivity (Wildman–Crippen MR) is 90.3 cm³/mol. The summed E-state index contributed by atoms with van der Waals surface area (Å²) in [5, 5.41) is 16.6. The zero-order valence-electron chi connectivity index (χ0n) is 12.8. The average Bonchev–Trinajstić information content (AvgIpc) is 3.16. The number of halogens is 1. The van der Waals surface area contributed by atoms with Crippen molar-refractivity contribution in [1.29, 1.82) is 5.26 Å². The predicted octanol–water partition coefficient (Wildman–Crippen LogP) is 3.51. The lowest BCUT2D eigenvalue weighted by atomic mass is 9.99. The van der Waals surface area contributed by atoms with Gasteiger partial charge < -0.3 is 5.32 Å². The van der Waals surface area contributed by atoms with Crippen LogP contribution in [-0.4, -0.2) is 21.2 Å². The van der Waals surface area contributed by atoms with Gasteiger partial charge in [-0.3, -0.25) is 4.79 Å². The fourth-order valence-electron chi connectivity index (χ4n) is 3.00. The van der Waals surface area contributed by atoms with E-state index >= 15 is 0 Å². The molecule has 5 nitrogen and oxygen atoms in total. The van der Waals surface area contributed by atoms with Crippen molar-refractivity contribution in [3.63, 3.8) is 0 Å². The second-order valence-electron chi connectivity index (χ2n) is 5.89. The minimum Gasteiger partial charge on any atom is -0.334 e. The van der Waals surface area contributed by atoms with Gasteiger partial charge in [0.05, 0.1) is 29.2 Å². The third-order valence-electron chi connectivity index (χ3n) is 4.35. The molecular weight excluding hydrogens is 356 g/mol. The van der Waals surface area contributed by atoms with Crippen molar-refractivity contribution in [2.45, 2.75) is 38.1 Å². The Balaban J connectivity index is 1.85. The van der Waals surface area contributed by atoms with Crippen LogP contribution in [0.2, 0.25) is 0 Å². The number of amides is 1. The molecule has 1 saturated carbocycles. The van der Waals surface area contributed by atoms with Crippen molar-refractivity contribution in [2.24, 2.45) is 0 Å². The van der Waals surface area contributed by atoms with E-state index in [1.54, 1.807) is 10.9 Å². The molecular formula is C17H17BrN4O. The van der Waals surface area contributed by atoms with Gasteiger partial charge in [-0.2, -0.15) is 10.4 Å². The van der Waals surface area contributed by atoms with Gasteiger partial charge >= 0.3 is 0 Å². The van der Waals surface area contributed by atoms with E-state index in [0.717, 1.165) is 41.5 Å². The molecule has 0 spiro atoms. The Morgan fingerprint density at radius 1 is 1.35 bits per heavy atom. The molecule has 1 aliphatic carbocycles. The van der Waals surface area contributed by atoms with E-state index in [1.807, 2.05) is 31.2 Å². The van der Waals surface area contributed by atoms with Crippen LogP contribution in [0.5, 0.6) is 0 Å². The summed E-state index contributed by atoms with van der Waals surface area (Å²) in [5.74, 6) is -0.227. The van der Waals surface area contributed by atoms with Crippen LogP contribution in [0.25, 0.3) is 5.69 Å². The van der Waals surface area contributed by atoms with Crippen LogP contribution >= 0.6 is 15.9 Å². The summed E-state index contributed by atoms with van der Waals surface area (Å²) in [6, 6.07) is 10.00. The Morgan fingerprint density at radius 3 is 2.61 bits per heavy atom. The number of hydrogen-bond acceptors (Lipinski definition) is 3. The van der Waals surface area contributed by atoms with Gasteiger partial charge in [0, 0.05) is 4.47 Å². The standard InChI is InChI=1S/C17H17BrN4O/c1-12-15(16(23)21-17(11-19)8-2-3-9-17)10-20-22(12)14-6-4-13(18)5-7-14/h4-7,10H,2-3,8-9H2,1H3,(H,21,23). The summed E-state index contributed by atoms with van der Waals surface area (Å²) in [5.41, 5.74) is 1.44. The SMILES string of the molecule is Cc1c(C(=O)NC2(C#N)CCCC2)cnn1-c1ccc(Br)cc1. The molecule has 0 bridgehead atoms. The van der Waals surface area contributed by atoms with Crippen molar-refractivity contribution in [3.05, 3.63) is 46.2 Å². The van der Waals surface area contributed by atoms with Crippen LogP contribution in [0, 0.1) is 18.3 Å². The summed E-state index contributed by atoms with van der Waals surface area (Å²) in [6.45, 7) is 1.86. The van der Waals surface area contributed by atoms with E-state index in [9.17, 15) is 10.1 Å². The molecule has 1 aliphatic rings. The fourth-order valence-corrected chi connectivity index (χ4v) is 3.27. The highest BCUT2D eigenvalue weighted by Gasteiger charge is 2.36. The molecule has 3 rings (SSSR count). The molecule has 118 valence electrons. The first kappa shape index (κ1) is 15.8. The van der Waals surface area contributed by atoms with E-state index in [2.05, 4.69) is 32.4 Å². The smallest absolute Gasteiger partial charge is 0.256 e. The highest BCUT2D eigenvalue weighted by Crippen LogP contribution is 2.29. The minimum absolute atomic E-state index is 0.227. The van der Waals surface area contributed by atoms with E-state index in [4.69, 9.17) is 0 Å². The molecule has 1 aromatic heterocycles. The lowest BCUT2D eigenvalue weighted by molar-refractivity contribution is 0.0920. The van der Waals surface area contributed by atoms with Gasteiger partial charge in [-0.25, -0.2) is 4.68 Å². The maximum atomic E-state index is 12.6. The number of rotatable bonds is 3. The third-order valence-corrected chi connectivity index (χ3v) is 4.88. The summed E-state index contributed by atoms with van der Waals surface area (Å²) < 4.78 is 2.72. The number of nitrogens with one attached hydrogen (secondary N) is 1. The van der Waals surface area contributed by atoms with E-state index in [0.29, 0.717) is 5.56 Å². The van der Waals surface area contributed by atoms with E-state index in [1.165, 1.54) is 0 Å². The number of aromatic nitrogens is 2. The number of benzene rings is 1. The first-order valence-corrected chi connectivity index (χ1v) is 8.38. The Hall–Kier alpha value is -2.13. The molecule has 0 aliphatic heterocycles. The first-order chi connectivity index (χ1) is 11.0. The van der Waals surface area contributed by atoms with Crippen LogP contribution in [0.3, 0.4) is 0 Å². The maximum Gasteiger partial charge on any atom is 0.256 e. The van der Waals surface area contributed by atoms with Crippen molar-refractivity contribution in [2.75, 3.05) is 0 Å². The molecule has 0 saturated heterocycles. The zero-order valence-corrected chi connectivity index (χ0v) is 14.4. The van der Waals surface area contributed by atoms with Gasteiger partial charge in [0.2, 0.25) is 0 Å². The van der Waals surface area contributed by atoms with E-state index < -0.39 is 5.54 Å². The Labute approximate surface area is 143 Å². The molecule has 1 N–H and O–H groups in total. The van der Waals surface area contributed by atoms with Crippen LogP contribution in [0.15, 0.2) is 34.9 Å². The quantitative estimate of drug-likeness (QED) is 0.895. The summed E-state index contributed by atoms with van der Waals surface area (Å²) in [4.78, 5) is 12.6. The highest BCUT2D eigenvalue weighted by atomic mass is 79.9. The zero-order chi connectivity index (χ0) is 16.4. The van der Waals surface area contributed by atoms with Gasteiger partial charge in [-0.05, 0) is 56.9 Å². The first-order valence-electron chi connectivity index (χ1n) is 7.59. The van der Waals surface area contributed by atoms with Crippen molar-refractivity contribution < 1.29 is 4.79 Å². The molecule has 0 unspecified atom stereocenters. The van der Waals surface area contributed by atoms with Crippen molar-refractivity contribution in [3.8, 4) is 11.8 Å². The Kier molecular flexibility index (Phi) is 4.22. The van der Waals surface area contributed by atoms with Gasteiger partial charge in [-0.15, -0.1) is 0 Å². The molecule has 1 aromatic carbocycles. The molecule has 6 heteroatoms. The van der Waals surface area contributed by atoms with Crippen LogP contribution in [-0.2, 0) is 0 Å². The number of nitriles is 1. The molecule has 23 heavy (non-hydrogen) atoms. The lowest BCUT2D eigenvalue weighted by Crippen LogP contribution is -2.45. The van der Waals surface area contributed by atoms with Gasteiger partial charge in [0.15, 0.2) is 0 Å². The lowest BCUT2D eigenvalue weighted by Gasteiger charge is -2.21. The number of hydrogen-bond donors (Lipinski definition) is 1. The Bertz CT molecular complexity index is 767. The number of nitrogens with zero attached hydrogens (tertiary/aromatic N) is 3. The summed E-state index contributed by atoms with van der Waals surface area (Å²) >= 11 is 3.40. The Morgan fingerprint density at radius 2 is 2.00 bits per heavy atom. The molecule has 1 heterocycles. The second kappa shape index (κ2) is 6.17. The molecule has 1 amide bonds. The topological polar surface area (TPSA) is 70.7 Å². The summed E-state index contributed by atoms with van der Waals surface area (Å²) in [7, 11) is 0. The molecule has 1 fully saturated rings. The number of carbonyl (C=O) groups excluding carboxylic acids is 1. The third kappa shape index (κ3) is 3.02. The average molecular weight is 373 g/mol.